The summed E-state index contributed by atoms with van der Waals surface area (Å²) in [5.41, 5.74) is 2.87. The molecule has 4 aromatic carbocycles. The summed E-state index contributed by atoms with van der Waals surface area (Å²) in [5.74, 6) is 0. The number of nitrogens with one attached hydrogen (secondary N) is 3. The zero-order chi connectivity index (χ0) is 24.8. The Balaban J connectivity index is 1.42. The minimum atomic E-state index is -3.85. The molecule has 0 saturated heterocycles. The largest absolute Gasteiger partial charge is 0.334 e. The molecule has 0 unspecified atom stereocenters. The monoisotopic (exact) mass is 525 g/mol. The molecular formula is C26H21Cl2N3O3S. The van der Waals surface area contributed by atoms with E-state index in [-0.39, 0.29) is 11.4 Å². The highest BCUT2D eigenvalue weighted by molar-refractivity contribution is 7.92. The summed E-state index contributed by atoms with van der Waals surface area (Å²) in [4.78, 5) is 12.4. The van der Waals surface area contributed by atoms with Crippen molar-refractivity contribution in [3.05, 3.63) is 113 Å². The van der Waals surface area contributed by atoms with Gasteiger partial charge in [0.1, 0.15) is 0 Å². The lowest BCUT2D eigenvalue weighted by atomic mass is 10.1. The van der Waals surface area contributed by atoms with Gasteiger partial charge in [0.25, 0.3) is 10.0 Å². The first-order valence-corrected chi connectivity index (χ1v) is 12.8. The molecule has 35 heavy (non-hydrogen) atoms. The predicted molar refractivity (Wildman–Crippen MR) is 141 cm³/mol. The molecule has 0 aromatic heterocycles. The number of urea groups is 1. The van der Waals surface area contributed by atoms with E-state index >= 15 is 0 Å². The fraction of sp³-hybridized carbons (Fsp3) is 0.0385. The van der Waals surface area contributed by atoms with Gasteiger partial charge in [-0.15, -0.1) is 0 Å². The summed E-state index contributed by atoms with van der Waals surface area (Å²) < 4.78 is 28.8. The van der Waals surface area contributed by atoms with Gasteiger partial charge in [-0.1, -0.05) is 77.8 Å². The second-order valence-corrected chi connectivity index (χ2v) is 10.0. The fourth-order valence-electron chi connectivity index (χ4n) is 3.43. The Bertz CT molecular complexity index is 1420. The Kier molecular flexibility index (Phi) is 7.60. The van der Waals surface area contributed by atoms with Crippen molar-refractivity contribution in [3.8, 4) is 11.1 Å². The van der Waals surface area contributed by atoms with Crippen LogP contribution in [0.15, 0.2) is 102 Å². The number of carbonyl (C=O) groups is 1. The highest BCUT2D eigenvalue weighted by Gasteiger charge is 2.19. The Morgan fingerprint density at radius 3 is 2.00 bits per heavy atom. The van der Waals surface area contributed by atoms with Gasteiger partial charge in [0.15, 0.2) is 0 Å². The number of rotatable bonds is 7. The van der Waals surface area contributed by atoms with Crippen LogP contribution in [0, 0.1) is 0 Å². The van der Waals surface area contributed by atoms with Crippen LogP contribution in [-0.4, -0.2) is 14.4 Å². The maximum Gasteiger partial charge on any atom is 0.319 e. The van der Waals surface area contributed by atoms with Crippen molar-refractivity contribution in [1.29, 1.82) is 0 Å². The Morgan fingerprint density at radius 1 is 0.714 bits per heavy atom. The lowest BCUT2D eigenvalue weighted by Gasteiger charge is -2.13. The summed E-state index contributed by atoms with van der Waals surface area (Å²) >= 11 is 12.2. The zero-order valence-corrected chi connectivity index (χ0v) is 20.7. The minimum absolute atomic E-state index is 0.156. The summed E-state index contributed by atoms with van der Waals surface area (Å²) in [6.07, 6.45) is 0. The number of hydrogen-bond acceptors (Lipinski definition) is 3. The molecule has 2 amide bonds. The number of hydrogen-bond donors (Lipinski definition) is 3. The third kappa shape index (κ3) is 6.14. The van der Waals surface area contributed by atoms with E-state index in [9.17, 15) is 13.2 Å². The lowest BCUT2D eigenvalue weighted by molar-refractivity contribution is 0.251. The first-order valence-electron chi connectivity index (χ1n) is 10.6. The minimum Gasteiger partial charge on any atom is -0.334 e. The first-order chi connectivity index (χ1) is 16.8. The van der Waals surface area contributed by atoms with E-state index in [2.05, 4.69) is 15.4 Å². The third-order valence-electron chi connectivity index (χ3n) is 5.14. The number of amides is 2. The van der Waals surface area contributed by atoms with Gasteiger partial charge < -0.3 is 10.6 Å². The Hall–Kier alpha value is -3.52. The van der Waals surface area contributed by atoms with Gasteiger partial charge in [0.2, 0.25) is 0 Å². The average Bonchev–Trinajstić information content (AvgIpc) is 2.85. The van der Waals surface area contributed by atoms with Crippen molar-refractivity contribution >= 4 is 50.6 Å². The molecule has 9 heteroatoms. The van der Waals surface area contributed by atoms with Gasteiger partial charge in [-0.2, -0.15) is 0 Å². The fourth-order valence-corrected chi connectivity index (χ4v) is 5.25. The van der Waals surface area contributed by atoms with Crippen molar-refractivity contribution < 1.29 is 13.2 Å². The summed E-state index contributed by atoms with van der Waals surface area (Å²) in [7, 11) is -3.85. The van der Waals surface area contributed by atoms with E-state index in [1.807, 2.05) is 30.3 Å². The number of carbonyl (C=O) groups excluding carboxylic acids is 1. The molecule has 0 bridgehead atoms. The average molecular weight is 526 g/mol. The molecule has 0 saturated carbocycles. The Morgan fingerprint density at radius 2 is 1.31 bits per heavy atom. The highest BCUT2D eigenvalue weighted by atomic mass is 35.5. The van der Waals surface area contributed by atoms with Crippen LogP contribution < -0.4 is 15.4 Å². The number of sulfonamides is 1. The molecule has 0 fully saturated rings. The van der Waals surface area contributed by atoms with Crippen molar-refractivity contribution in [2.24, 2.45) is 0 Å². The van der Waals surface area contributed by atoms with Crippen molar-refractivity contribution in [1.82, 2.24) is 5.32 Å². The smallest absolute Gasteiger partial charge is 0.319 e. The zero-order valence-electron chi connectivity index (χ0n) is 18.3. The Labute approximate surface area is 214 Å². The predicted octanol–water partition coefficient (Wildman–Crippen LogP) is 6.78. The van der Waals surface area contributed by atoms with Crippen LogP contribution in [0.1, 0.15) is 5.56 Å². The van der Waals surface area contributed by atoms with E-state index in [0.29, 0.717) is 32.5 Å². The van der Waals surface area contributed by atoms with Crippen LogP contribution in [0.2, 0.25) is 10.0 Å². The second kappa shape index (κ2) is 10.8. The molecule has 0 heterocycles. The second-order valence-electron chi connectivity index (χ2n) is 7.55. The van der Waals surface area contributed by atoms with Gasteiger partial charge in [-0.3, -0.25) is 4.72 Å². The van der Waals surface area contributed by atoms with Crippen LogP contribution in [-0.2, 0) is 16.6 Å². The third-order valence-corrected chi connectivity index (χ3v) is 7.29. The molecule has 4 rings (SSSR count). The van der Waals surface area contributed by atoms with Crippen LogP contribution >= 0.6 is 23.2 Å². The summed E-state index contributed by atoms with van der Waals surface area (Å²) in [6.45, 7) is 0.156. The standard InChI is InChI=1S/C26H21Cl2N3O3S/c27-23-10-6-11-24(28)22(23)17-29-26(32)30-19-13-15-20(16-14-19)31-35(33,34)25-12-5-4-9-21(25)18-7-2-1-3-8-18/h1-16,31H,17H2,(H2,29,30,32). The molecule has 6 nitrogen and oxygen atoms in total. The van der Waals surface area contributed by atoms with Crippen molar-refractivity contribution in [2.45, 2.75) is 11.4 Å². The van der Waals surface area contributed by atoms with Gasteiger partial charge in [0.05, 0.1) is 4.90 Å². The molecule has 0 aliphatic carbocycles. The SMILES string of the molecule is O=C(NCc1c(Cl)cccc1Cl)Nc1ccc(NS(=O)(=O)c2ccccc2-c2ccccc2)cc1. The van der Waals surface area contributed by atoms with Gasteiger partial charge >= 0.3 is 6.03 Å². The van der Waals surface area contributed by atoms with Gasteiger partial charge in [0, 0.05) is 39.1 Å². The van der Waals surface area contributed by atoms with E-state index in [1.165, 1.54) is 0 Å². The molecule has 178 valence electrons. The van der Waals surface area contributed by atoms with E-state index in [0.717, 1.165) is 5.56 Å². The maximum atomic E-state index is 13.1. The molecule has 0 radical (unpaired) electrons. The number of anilines is 2. The van der Waals surface area contributed by atoms with Crippen LogP contribution in [0.25, 0.3) is 11.1 Å². The topological polar surface area (TPSA) is 87.3 Å². The van der Waals surface area contributed by atoms with Crippen LogP contribution in [0.5, 0.6) is 0 Å². The molecule has 0 atom stereocenters. The van der Waals surface area contributed by atoms with Crippen LogP contribution in [0.3, 0.4) is 0 Å². The summed E-state index contributed by atoms with van der Waals surface area (Å²) in [6, 6.07) is 27.1. The molecule has 0 spiro atoms. The van der Waals surface area contributed by atoms with E-state index < -0.39 is 16.1 Å². The molecule has 0 aliphatic rings. The molecular weight excluding hydrogens is 505 g/mol. The molecule has 4 aromatic rings. The lowest BCUT2D eigenvalue weighted by Crippen LogP contribution is -2.28. The van der Waals surface area contributed by atoms with Crippen molar-refractivity contribution in [3.63, 3.8) is 0 Å². The van der Waals surface area contributed by atoms with E-state index in [1.54, 1.807) is 66.7 Å². The van der Waals surface area contributed by atoms with Gasteiger partial charge in [-0.25, -0.2) is 13.2 Å². The van der Waals surface area contributed by atoms with E-state index in [4.69, 9.17) is 23.2 Å². The molecule has 0 aliphatic heterocycles. The summed E-state index contributed by atoms with van der Waals surface area (Å²) in [5, 5.41) is 6.31. The quantitative estimate of drug-likeness (QED) is 0.248. The highest BCUT2D eigenvalue weighted by Crippen LogP contribution is 2.29. The number of benzene rings is 4. The maximum absolute atomic E-state index is 13.1. The number of halogens is 2. The van der Waals surface area contributed by atoms with Gasteiger partial charge in [-0.05, 0) is 48.0 Å². The van der Waals surface area contributed by atoms with Crippen molar-refractivity contribution in [2.75, 3.05) is 10.0 Å². The molecule has 3 N–H and O–H groups in total. The first kappa shape index (κ1) is 24.6. The normalized spacial score (nSPS) is 11.0. The van der Waals surface area contributed by atoms with Crippen LogP contribution in [0.4, 0.5) is 16.2 Å².